The molecule has 1 aromatic heterocycles. The Kier molecular flexibility index (Phi) is 4.29. The van der Waals surface area contributed by atoms with E-state index in [2.05, 4.69) is 5.10 Å². The van der Waals surface area contributed by atoms with E-state index in [1.165, 1.54) is 4.68 Å². The Morgan fingerprint density at radius 1 is 1.40 bits per heavy atom. The van der Waals surface area contributed by atoms with Crippen LogP contribution in [0, 0.1) is 0 Å². The molecule has 0 aliphatic rings. The molecule has 0 aliphatic heterocycles. The van der Waals surface area contributed by atoms with Gasteiger partial charge in [0.05, 0.1) is 6.04 Å². The van der Waals surface area contributed by atoms with Crippen LogP contribution in [0.1, 0.15) is 18.5 Å². The van der Waals surface area contributed by atoms with Crippen LogP contribution in [-0.4, -0.2) is 27.6 Å². The largest absolute Gasteiger partial charge is 0.382 e. The fourth-order valence-corrected chi connectivity index (χ4v) is 2.02. The summed E-state index contributed by atoms with van der Waals surface area (Å²) in [7, 11) is 1.77. The Labute approximate surface area is 122 Å². The summed E-state index contributed by atoms with van der Waals surface area (Å²) in [6.45, 7) is 2.14. The SMILES string of the molecule is CC(c1ccc(Cl)cc1)N(C)C(=O)Cn1ccc(N)n1. The summed E-state index contributed by atoms with van der Waals surface area (Å²) in [5.41, 5.74) is 6.56. The van der Waals surface area contributed by atoms with Crippen molar-refractivity contribution in [3.8, 4) is 0 Å². The number of rotatable bonds is 4. The van der Waals surface area contributed by atoms with Crippen molar-refractivity contribution in [3.05, 3.63) is 47.1 Å². The van der Waals surface area contributed by atoms with Crippen molar-refractivity contribution >= 4 is 23.3 Å². The summed E-state index contributed by atoms with van der Waals surface area (Å²) < 4.78 is 1.53. The van der Waals surface area contributed by atoms with Crippen molar-refractivity contribution in [1.29, 1.82) is 0 Å². The minimum Gasteiger partial charge on any atom is -0.382 e. The number of carbonyl (C=O) groups is 1. The van der Waals surface area contributed by atoms with Gasteiger partial charge in [0, 0.05) is 18.3 Å². The van der Waals surface area contributed by atoms with Gasteiger partial charge in [-0.2, -0.15) is 5.10 Å². The lowest BCUT2D eigenvalue weighted by atomic mass is 10.1. The summed E-state index contributed by atoms with van der Waals surface area (Å²) in [4.78, 5) is 13.9. The van der Waals surface area contributed by atoms with Gasteiger partial charge in [-0.15, -0.1) is 0 Å². The quantitative estimate of drug-likeness (QED) is 0.941. The van der Waals surface area contributed by atoms with Crippen LogP contribution in [0.4, 0.5) is 5.82 Å². The average Bonchev–Trinajstić information content (AvgIpc) is 2.83. The lowest BCUT2D eigenvalue weighted by Crippen LogP contribution is -2.32. The molecule has 0 aliphatic carbocycles. The van der Waals surface area contributed by atoms with Crippen LogP contribution in [0.15, 0.2) is 36.5 Å². The number of halogens is 1. The first-order valence-corrected chi connectivity index (χ1v) is 6.65. The smallest absolute Gasteiger partial charge is 0.244 e. The minimum absolute atomic E-state index is 0.0319. The highest BCUT2D eigenvalue weighted by Crippen LogP contribution is 2.21. The van der Waals surface area contributed by atoms with E-state index in [1.807, 2.05) is 31.2 Å². The molecular formula is C14H17ClN4O. The van der Waals surface area contributed by atoms with Gasteiger partial charge in [-0.1, -0.05) is 23.7 Å². The van der Waals surface area contributed by atoms with Crippen molar-refractivity contribution < 1.29 is 4.79 Å². The number of benzene rings is 1. The number of aromatic nitrogens is 2. The number of hydrogen-bond donors (Lipinski definition) is 1. The highest BCUT2D eigenvalue weighted by atomic mass is 35.5. The maximum absolute atomic E-state index is 12.2. The number of anilines is 1. The Hall–Kier alpha value is -2.01. The molecule has 2 N–H and O–H groups in total. The molecule has 0 spiro atoms. The molecule has 0 saturated heterocycles. The Morgan fingerprint density at radius 3 is 2.60 bits per heavy atom. The second-order valence-corrected chi connectivity index (χ2v) is 5.11. The molecule has 6 heteroatoms. The van der Waals surface area contributed by atoms with Crippen LogP contribution in [-0.2, 0) is 11.3 Å². The minimum atomic E-state index is -0.0346. The Morgan fingerprint density at radius 2 is 2.05 bits per heavy atom. The molecule has 2 aromatic rings. The van der Waals surface area contributed by atoms with E-state index >= 15 is 0 Å². The highest BCUT2D eigenvalue weighted by molar-refractivity contribution is 6.30. The second kappa shape index (κ2) is 5.96. The fraction of sp³-hybridized carbons (Fsp3) is 0.286. The molecule has 1 aromatic carbocycles. The molecule has 1 atom stereocenters. The van der Waals surface area contributed by atoms with E-state index in [4.69, 9.17) is 17.3 Å². The summed E-state index contributed by atoms with van der Waals surface area (Å²) in [6, 6.07) is 9.11. The van der Waals surface area contributed by atoms with Crippen LogP contribution in [0.5, 0.6) is 0 Å². The van der Waals surface area contributed by atoms with E-state index in [0.29, 0.717) is 10.8 Å². The summed E-state index contributed by atoms with van der Waals surface area (Å²) >= 11 is 5.86. The van der Waals surface area contributed by atoms with Gasteiger partial charge in [-0.3, -0.25) is 9.48 Å². The number of nitrogen functional groups attached to an aromatic ring is 1. The van der Waals surface area contributed by atoms with Gasteiger partial charge in [-0.25, -0.2) is 0 Å². The molecule has 5 nitrogen and oxygen atoms in total. The third-order valence-electron chi connectivity index (χ3n) is 3.29. The van der Waals surface area contributed by atoms with Crippen molar-refractivity contribution in [1.82, 2.24) is 14.7 Å². The van der Waals surface area contributed by atoms with E-state index < -0.39 is 0 Å². The molecule has 1 heterocycles. The fourth-order valence-electron chi connectivity index (χ4n) is 1.90. The predicted octanol–water partition coefficient (Wildman–Crippen LogP) is 2.34. The van der Waals surface area contributed by atoms with Gasteiger partial charge in [0.25, 0.3) is 0 Å². The van der Waals surface area contributed by atoms with Crippen LogP contribution >= 0.6 is 11.6 Å². The van der Waals surface area contributed by atoms with Gasteiger partial charge < -0.3 is 10.6 Å². The summed E-state index contributed by atoms with van der Waals surface area (Å²) in [5.74, 6) is 0.377. The number of nitrogens with two attached hydrogens (primary N) is 1. The second-order valence-electron chi connectivity index (χ2n) is 4.67. The van der Waals surface area contributed by atoms with Gasteiger partial charge in [-0.05, 0) is 30.7 Å². The van der Waals surface area contributed by atoms with Gasteiger partial charge in [0.15, 0.2) is 0 Å². The number of amides is 1. The zero-order chi connectivity index (χ0) is 14.7. The first-order chi connectivity index (χ1) is 9.47. The molecule has 1 unspecified atom stereocenters. The lowest BCUT2D eigenvalue weighted by Gasteiger charge is -2.25. The Balaban J connectivity index is 2.04. The molecule has 0 radical (unpaired) electrons. The zero-order valence-electron chi connectivity index (χ0n) is 11.5. The van der Waals surface area contributed by atoms with Crippen LogP contribution in [0.2, 0.25) is 5.02 Å². The van der Waals surface area contributed by atoms with Gasteiger partial charge in [0.2, 0.25) is 5.91 Å². The van der Waals surface area contributed by atoms with Gasteiger partial charge in [0.1, 0.15) is 12.4 Å². The zero-order valence-corrected chi connectivity index (χ0v) is 12.2. The highest BCUT2D eigenvalue weighted by Gasteiger charge is 2.17. The van der Waals surface area contributed by atoms with E-state index in [-0.39, 0.29) is 18.5 Å². The maximum atomic E-state index is 12.2. The van der Waals surface area contributed by atoms with Crippen LogP contribution in [0.25, 0.3) is 0 Å². The number of likely N-dealkylation sites (N-methyl/N-ethyl adjacent to an activating group) is 1. The molecule has 0 saturated carbocycles. The molecular weight excluding hydrogens is 276 g/mol. The third kappa shape index (κ3) is 3.30. The first kappa shape index (κ1) is 14.4. The van der Waals surface area contributed by atoms with Crippen molar-refractivity contribution in [3.63, 3.8) is 0 Å². The standard InChI is InChI=1S/C14H17ClN4O/c1-10(11-3-5-12(15)6-4-11)18(2)14(20)9-19-8-7-13(16)17-19/h3-8,10H,9H2,1-2H3,(H2,16,17). The molecule has 2 rings (SSSR count). The normalized spacial score (nSPS) is 12.2. The molecule has 1 amide bonds. The maximum Gasteiger partial charge on any atom is 0.244 e. The van der Waals surface area contributed by atoms with Crippen molar-refractivity contribution in [2.75, 3.05) is 12.8 Å². The first-order valence-electron chi connectivity index (χ1n) is 6.27. The summed E-state index contributed by atoms with van der Waals surface area (Å²) in [5, 5.41) is 4.69. The summed E-state index contributed by atoms with van der Waals surface area (Å²) in [6.07, 6.45) is 1.69. The average molecular weight is 293 g/mol. The third-order valence-corrected chi connectivity index (χ3v) is 3.54. The Bertz CT molecular complexity index is 593. The van der Waals surface area contributed by atoms with E-state index in [9.17, 15) is 4.79 Å². The van der Waals surface area contributed by atoms with Crippen LogP contribution < -0.4 is 5.73 Å². The molecule has 0 fully saturated rings. The predicted molar refractivity (Wildman–Crippen MR) is 79.3 cm³/mol. The molecule has 20 heavy (non-hydrogen) atoms. The van der Waals surface area contributed by atoms with Crippen molar-refractivity contribution in [2.45, 2.75) is 19.5 Å². The van der Waals surface area contributed by atoms with E-state index in [1.54, 1.807) is 24.2 Å². The lowest BCUT2D eigenvalue weighted by molar-refractivity contribution is -0.132. The van der Waals surface area contributed by atoms with Gasteiger partial charge >= 0.3 is 0 Å². The number of nitrogens with zero attached hydrogens (tertiary/aromatic N) is 3. The monoisotopic (exact) mass is 292 g/mol. The molecule has 0 bridgehead atoms. The van der Waals surface area contributed by atoms with Crippen LogP contribution in [0.3, 0.4) is 0 Å². The number of carbonyl (C=O) groups excluding carboxylic acids is 1. The topological polar surface area (TPSA) is 64.2 Å². The van der Waals surface area contributed by atoms with E-state index in [0.717, 1.165) is 5.56 Å². The molecule has 106 valence electrons. The number of hydrogen-bond acceptors (Lipinski definition) is 3. The van der Waals surface area contributed by atoms with Crippen molar-refractivity contribution in [2.24, 2.45) is 0 Å².